The molecule has 5 N–H and O–H groups in total. The van der Waals surface area contributed by atoms with E-state index in [-0.39, 0.29) is 24.7 Å². The van der Waals surface area contributed by atoms with E-state index < -0.39 is 16.9 Å². The number of aliphatic hydroxyl groups is 1. The first-order chi connectivity index (χ1) is 8.97. The summed E-state index contributed by atoms with van der Waals surface area (Å²) in [5.41, 5.74) is 3.75. The summed E-state index contributed by atoms with van der Waals surface area (Å²) in [7, 11) is 0. The molecule has 8 nitrogen and oxygen atoms in total. The predicted octanol–water partition coefficient (Wildman–Crippen LogP) is -1.30. The van der Waals surface area contributed by atoms with Crippen molar-refractivity contribution in [3.63, 3.8) is 0 Å². The molecule has 0 bridgehead atoms. The second-order valence-electron chi connectivity index (χ2n) is 4.64. The molecule has 0 amide bonds. The number of anilines is 2. The van der Waals surface area contributed by atoms with Gasteiger partial charge in [-0.05, 0) is 6.92 Å². The van der Waals surface area contributed by atoms with Gasteiger partial charge in [0, 0.05) is 26.1 Å². The molecular formula is C11H18N4O4. The van der Waals surface area contributed by atoms with E-state index in [1.807, 2.05) is 0 Å². The number of hydrogen-bond donors (Lipinski definition) is 4. The highest BCUT2D eigenvalue weighted by molar-refractivity contribution is 5.60. The van der Waals surface area contributed by atoms with E-state index >= 15 is 0 Å². The summed E-state index contributed by atoms with van der Waals surface area (Å²) in [6.45, 7) is 2.94. The molecule has 1 aliphatic heterocycles. The Morgan fingerprint density at radius 3 is 2.89 bits per heavy atom. The first kappa shape index (κ1) is 13.6. The number of ether oxygens (including phenoxy) is 1. The van der Waals surface area contributed by atoms with Gasteiger partial charge >= 0.3 is 5.69 Å². The zero-order valence-corrected chi connectivity index (χ0v) is 10.7. The zero-order chi connectivity index (χ0) is 14.0. The Bertz CT molecular complexity index is 571. The Morgan fingerprint density at radius 1 is 1.58 bits per heavy atom. The fourth-order valence-electron chi connectivity index (χ4n) is 2.06. The SMILES string of the molecule is CCn1c(N)c(NCC2(O)CCOC2)c(=O)[nH]c1=O. The third kappa shape index (κ3) is 2.64. The molecule has 1 aromatic rings. The van der Waals surface area contributed by atoms with Crippen molar-refractivity contribution in [2.24, 2.45) is 0 Å². The molecular weight excluding hydrogens is 252 g/mol. The van der Waals surface area contributed by atoms with Crippen LogP contribution in [0.2, 0.25) is 0 Å². The molecule has 1 unspecified atom stereocenters. The van der Waals surface area contributed by atoms with E-state index in [1.165, 1.54) is 4.57 Å². The van der Waals surface area contributed by atoms with Crippen LogP contribution in [0.4, 0.5) is 11.5 Å². The van der Waals surface area contributed by atoms with Crippen LogP contribution in [0.25, 0.3) is 0 Å². The molecule has 106 valence electrons. The molecule has 1 saturated heterocycles. The normalized spacial score (nSPS) is 22.6. The Hall–Kier alpha value is -1.80. The van der Waals surface area contributed by atoms with Crippen LogP contribution in [0, 0.1) is 0 Å². The fourth-order valence-corrected chi connectivity index (χ4v) is 2.06. The van der Waals surface area contributed by atoms with Gasteiger partial charge in [-0.3, -0.25) is 14.3 Å². The van der Waals surface area contributed by atoms with Crippen molar-refractivity contribution in [2.75, 3.05) is 30.8 Å². The topological polar surface area (TPSA) is 122 Å². The largest absolute Gasteiger partial charge is 0.386 e. The quantitative estimate of drug-likeness (QED) is 0.539. The number of nitrogens with zero attached hydrogens (tertiary/aromatic N) is 1. The molecule has 1 aliphatic rings. The van der Waals surface area contributed by atoms with Gasteiger partial charge in [-0.25, -0.2) is 4.79 Å². The number of aromatic nitrogens is 2. The van der Waals surface area contributed by atoms with Crippen molar-refractivity contribution >= 4 is 11.5 Å². The third-order valence-electron chi connectivity index (χ3n) is 3.23. The minimum absolute atomic E-state index is 0.0683. The standard InChI is InChI=1S/C11H18N4O4/c1-2-15-8(12)7(9(16)14-10(15)17)13-5-11(18)3-4-19-6-11/h13,18H,2-6,12H2,1H3,(H,14,16,17). The number of rotatable bonds is 4. The summed E-state index contributed by atoms with van der Waals surface area (Å²) in [5, 5.41) is 12.9. The molecule has 8 heteroatoms. The summed E-state index contributed by atoms with van der Waals surface area (Å²) < 4.78 is 6.36. The number of aromatic amines is 1. The van der Waals surface area contributed by atoms with Gasteiger partial charge in [0.1, 0.15) is 17.1 Å². The molecule has 1 atom stereocenters. The van der Waals surface area contributed by atoms with Crippen LogP contribution in [0.1, 0.15) is 13.3 Å². The number of nitrogen functional groups attached to an aromatic ring is 1. The van der Waals surface area contributed by atoms with Gasteiger partial charge in [0.15, 0.2) is 0 Å². The summed E-state index contributed by atoms with van der Waals surface area (Å²) in [5.74, 6) is 0.0683. The molecule has 2 rings (SSSR count). The maximum Gasteiger partial charge on any atom is 0.330 e. The summed E-state index contributed by atoms with van der Waals surface area (Å²) in [4.78, 5) is 25.4. The number of nitrogens with two attached hydrogens (primary N) is 1. The Labute approximate surface area is 109 Å². The van der Waals surface area contributed by atoms with E-state index in [2.05, 4.69) is 10.3 Å². The predicted molar refractivity (Wildman–Crippen MR) is 70.3 cm³/mol. The van der Waals surface area contributed by atoms with Crippen molar-refractivity contribution in [1.29, 1.82) is 0 Å². The maximum absolute atomic E-state index is 11.7. The fraction of sp³-hybridized carbons (Fsp3) is 0.636. The van der Waals surface area contributed by atoms with Gasteiger partial charge in [0.2, 0.25) is 0 Å². The van der Waals surface area contributed by atoms with Gasteiger partial charge in [-0.15, -0.1) is 0 Å². The lowest BCUT2D eigenvalue weighted by Crippen LogP contribution is -2.40. The molecule has 0 aliphatic carbocycles. The van der Waals surface area contributed by atoms with Crippen LogP contribution in [0.3, 0.4) is 0 Å². The number of hydrogen-bond acceptors (Lipinski definition) is 6. The lowest BCUT2D eigenvalue weighted by atomic mass is 10.0. The van der Waals surface area contributed by atoms with Crippen molar-refractivity contribution in [1.82, 2.24) is 9.55 Å². The lowest BCUT2D eigenvalue weighted by Gasteiger charge is -2.22. The van der Waals surface area contributed by atoms with Crippen LogP contribution < -0.4 is 22.3 Å². The van der Waals surface area contributed by atoms with Crippen molar-refractivity contribution in [2.45, 2.75) is 25.5 Å². The van der Waals surface area contributed by atoms with E-state index in [4.69, 9.17) is 10.5 Å². The minimum Gasteiger partial charge on any atom is -0.386 e. The second kappa shape index (κ2) is 5.06. The number of H-pyrrole nitrogens is 1. The molecule has 19 heavy (non-hydrogen) atoms. The molecule has 1 fully saturated rings. The monoisotopic (exact) mass is 270 g/mol. The first-order valence-electron chi connectivity index (χ1n) is 6.13. The molecule has 0 radical (unpaired) electrons. The molecule has 0 saturated carbocycles. The minimum atomic E-state index is -1.01. The van der Waals surface area contributed by atoms with Gasteiger partial charge in [-0.2, -0.15) is 0 Å². The van der Waals surface area contributed by atoms with E-state index in [1.54, 1.807) is 6.92 Å². The Kier molecular flexibility index (Phi) is 3.63. The summed E-state index contributed by atoms with van der Waals surface area (Å²) in [6, 6.07) is 0. The van der Waals surface area contributed by atoms with Crippen LogP contribution in [0.15, 0.2) is 9.59 Å². The third-order valence-corrected chi connectivity index (χ3v) is 3.23. The van der Waals surface area contributed by atoms with Gasteiger partial charge < -0.3 is 20.9 Å². The summed E-state index contributed by atoms with van der Waals surface area (Å²) in [6.07, 6.45) is 0.491. The van der Waals surface area contributed by atoms with Crippen molar-refractivity contribution in [3.05, 3.63) is 20.8 Å². The van der Waals surface area contributed by atoms with Gasteiger partial charge in [-0.1, -0.05) is 0 Å². The maximum atomic E-state index is 11.7. The molecule has 2 heterocycles. The average molecular weight is 270 g/mol. The van der Waals surface area contributed by atoms with E-state index in [0.717, 1.165) is 0 Å². The van der Waals surface area contributed by atoms with Crippen LogP contribution in [0.5, 0.6) is 0 Å². The highest BCUT2D eigenvalue weighted by Gasteiger charge is 2.32. The van der Waals surface area contributed by atoms with Crippen LogP contribution >= 0.6 is 0 Å². The highest BCUT2D eigenvalue weighted by Crippen LogP contribution is 2.19. The number of nitrogens with one attached hydrogen (secondary N) is 2. The van der Waals surface area contributed by atoms with Gasteiger partial charge in [0.25, 0.3) is 5.56 Å². The smallest absolute Gasteiger partial charge is 0.330 e. The molecule has 1 aromatic heterocycles. The molecule has 0 spiro atoms. The van der Waals surface area contributed by atoms with Gasteiger partial charge in [0.05, 0.1) is 6.61 Å². The highest BCUT2D eigenvalue weighted by atomic mass is 16.5. The van der Waals surface area contributed by atoms with Crippen molar-refractivity contribution in [3.8, 4) is 0 Å². The second-order valence-corrected chi connectivity index (χ2v) is 4.64. The Balaban J connectivity index is 2.25. The average Bonchev–Trinajstić information content (AvgIpc) is 2.76. The first-order valence-corrected chi connectivity index (χ1v) is 6.13. The van der Waals surface area contributed by atoms with E-state index in [9.17, 15) is 14.7 Å². The Morgan fingerprint density at radius 2 is 2.32 bits per heavy atom. The van der Waals surface area contributed by atoms with E-state index in [0.29, 0.717) is 19.6 Å². The lowest BCUT2D eigenvalue weighted by molar-refractivity contribution is 0.0382. The summed E-state index contributed by atoms with van der Waals surface area (Å²) >= 11 is 0. The van der Waals surface area contributed by atoms with Crippen molar-refractivity contribution < 1.29 is 9.84 Å². The molecule has 0 aromatic carbocycles. The van der Waals surface area contributed by atoms with Crippen LogP contribution in [-0.2, 0) is 11.3 Å². The zero-order valence-electron chi connectivity index (χ0n) is 10.7. The van der Waals surface area contributed by atoms with Crippen LogP contribution in [-0.4, -0.2) is 40.0 Å².